The van der Waals surface area contributed by atoms with Crippen molar-refractivity contribution in [3.63, 3.8) is 0 Å². The summed E-state index contributed by atoms with van der Waals surface area (Å²) in [6, 6.07) is 35.2. The Morgan fingerprint density at radius 3 is 1.78 bits per heavy atom. The van der Waals surface area contributed by atoms with Gasteiger partial charge in [0.15, 0.2) is 0 Å². The van der Waals surface area contributed by atoms with Gasteiger partial charge in [-0.05, 0) is 54.6 Å². The van der Waals surface area contributed by atoms with E-state index in [0.717, 1.165) is 26.7 Å². The number of nitrogens with zero attached hydrogens (tertiary/aromatic N) is 4. The van der Waals surface area contributed by atoms with Gasteiger partial charge in [-0.1, -0.05) is 78.0 Å². The minimum atomic E-state index is 0.297. The zero-order valence-corrected chi connectivity index (χ0v) is 21.1. The number of anilines is 5. The number of hydrogen-bond donors (Lipinski definition) is 3. The minimum Gasteiger partial charge on any atom is -0.324 e. The highest BCUT2D eigenvalue weighted by molar-refractivity contribution is 7.99. The van der Waals surface area contributed by atoms with Gasteiger partial charge in [0.05, 0.1) is 6.21 Å². The summed E-state index contributed by atoms with van der Waals surface area (Å²) in [6.45, 7) is 0. The highest BCUT2D eigenvalue weighted by Crippen LogP contribution is 2.30. The zero-order valence-electron chi connectivity index (χ0n) is 19.5. The third-order valence-electron chi connectivity index (χ3n) is 5.02. The van der Waals surface area contributed by atoms with Crippen LogP contribution in [0.3, 0.4) is 0 Å². The third kappa shape index (κ3) is 7.07. The number of hydrazone groups is 1. The van der Waals surface area contributed by atoms with E-state index in [1.807, 2.05) is 109 Å². The van der Waals surface area contributed by atoms with E-state index >= 15 is 0 Å². The molecule has 1 aromatic heterocycles. The van der Waals surface area contributed by atoms with Crippen molar-refractivity contribution in [2.75, 3.05) is 16.1 Å². The first-order chi connectivity index (χ1) is 18.2. The summed E-state index contributed by atoms with van der Waals surface area (Å²) in [5.74, 6) is 1.07. The molecule has 0 aliphatic heterocycles. The van der Waals surface area contributed by atoms with Crippen LogP contribution in [0.5, 0.6) is 0 Å². The van der Waals surface area contributed by atoms with Crippen LogP contribution in [0.25, 0.3) is 0 Å². The molecule has 0 spiro atoms. The molecule has 0 aliphatic carbocycles. The summed E-state index contributed by atoms with van der Waals surface area (Å²) in [6.07, 6.45) is 1.75. The smallest absolute Gasteiger partial charge is 0.250 e. The van der Waals surface area contributed by atoms with Gasteiger partial charge in [-0.3, -0.25) is 0 Å². The second kappa shape index (κ2) is 12.0. The quantitative estimate of drug-likeness (QED) is 0.135. The topological polar surface area (TPSA) is 87.1 Å². The molecule has 0 atom stereocenters. The average Bonchev–Trinajstić information content (AvgIpc) is 2.92. The summed E-state index contributed by atoms with van der Waals surface area (Å²) in [7, 11) is 0. The Morgan fingerprint density at radius 1 is 0.622 bits per heavy atom. The van der Waals surface area contributed by atoms with E-state index < -0.39 is 0 Å². The summed E-state index contributed by atoms with van der Waals surface area (Å²) < 4.78 is 0. The molecule has 0 radical (unpaired) electrons. The van der Waals surface area contributed by atoms with Crippen molar-refractivity contribution in [3.05, 3.63) is 120 Å². The Bertz CT molecular complexity index is 1420. The maximum Gasteiger partial charge on any atom is 0.250 e. The van der Waals surface area contributed by atoms with Crippen molar-refractivity contribution < 1.29 is 0 Å². The lowest BCUT2D eigenvalue weighted by Gasteiger charge is -2.10. The lowest BCUT2D eigenvalue weighted by molar-refractivity contribution is 1.04. The highest BCUT2D eigenvalue weighted by Gasteiger charge is 2.08. The van der Waals surface area contributed by atoms with Gasteiger partial charge in [0.25, 0.3) is 0 Å². The molecule has 0 fully saturated rings. The fourth-order valence-corrected chi connectivity index (χ4v) is 4.35. The van der Waals surface area contributed by atoms with Crippen LogP contribution < -0.4 is 16.1 Å². The summed E-state index contributed by atoms with van der Waals surface area (Å²) in [5, 5.41) is 11.5. The van der Waals surface area contributed by atoms with E-state index in [9.17, 15) is 0 Å². The lowest BCUT2D eigenvalue weighted by Crippen LogP contribution is -2.07. The molecule has 5 rings (SSSR count). The molecule has 37 heavy (non-hydrogen) atoms. The zero-order chi connectivity index (χ0) is 25.3. The first kappa shape index (κ1) is 24.3. The molecule has 1 heterocycles. The molecule has 0 saturated carbocycles. The maximum atomic E-state index is 6.02. The van der Waals surface area contributed by atoms with Crippen molar-refractivity contribution in [2.45, 2.75) is 9.79 Å². The molecule has 0 amide bonds. The lowest BCUT2D eigenvalue weighted by atomic mass is 10.2. The fraction of sp³-hybridized carbons (Fsp3) is 0. The van der Waals surface area contributed by atoms with Gasteiger partial charge in [-0.2, -0.15) is 20.1 Å². The standard InChI is InChI=1S/C28H22ClN7S/c29-21-15-17-24(18-16-21)37-25-14-8-7-9-20(25)19-30-36-28-34-26(31-22-10-3-1-4-11-22)33-27(35-28)32-23-12-5-2-6-13-23/h1-19H,(H3,31,32,33,34,35,36)/b30-19+. The van der Waals surface area contributed by atoms with Crippen LogP contribution in [0.4, 0.5) is 29.2 Å². The molecule has 0 unspecified atom stereocenters. The molecule has 7 nitrogen and oxygen atoms in total. The number of halogens is 1. The molecule has 0 bridgehead atoms. The fourth-order valence-electron chi connectivity index (χ4n) is 3.31. The first-order valence-corrected chi connectivity index (χ1v) is 12.6. The normalized spacial score (nSPS) is 10.8. The summed E-state index contributed by atoms with van der Waals surface area (Å²) in [4.78, 5) is 15.6. The molecular weight excluding hydrogens is 502 g/mol. The Balaban J connectivity index is 1.36. The molecule has 5 aromatic rings. The van der Waals surface area contributed by atoms with Crippen LogP contribution in [-0.4, -0.2) is 21.2 Å². The van der Waals surface area contributed by atoms with Crippen LogP contribution >= 0.6 is 23.4 Å². The monoisotopic (exact) mass is 523 g/mol. The van der Waals surface area contributed by atoms with Crippen molar-refractivity contribution in [3.8, 4) is 0 Å². The number of aromatic nitrogens is 3. The molecule has 3 N–H and O–H groups in total. The van der Waals surface area contributed by atoms with Gasteiger partial charge in [0, 0.05) is 31.8 Å². The van der Waals surface area contributed by atoms with Crippen LogP contribution in [0, 0.1) is 0 Å². The van der Waals surface area contributed by atoms with E-state index in [1.54, 1.807) is 18.0 Å². The molecule has 9 heteroatoms. The van der Waals surface area contributed by atoms with E-state index in [2.05, 4.69) is 36.1 Å². The SMILES string of the molecule is Clc1ccc(Sc2ccccc2/C=N/Nc2nc(Nc3ccccc3)nc(Nc3ccccc3)n2)cc1. The number of para-hydroxylation sites is 2. The average molecular weight is 524 g/mol. The Kier molecular flexibility index (Phi) is 7.90. The van der Waals surface area contributed by atoms with Gasteiger partial charge >= 0.3 is 0 Å². The Hall–Kier alpha value is -4.40. The number of benzene rings is 4. The molecule has 182 valence electrons. The van der Waals surface area contributed by atoms with Crippen LogP contribution in [0.2, 0.25) is 5.02 Å². The van der Waals surface area contributed by atoms with Crippen molar-refractivity contribution >= 4 is 58.8 Å². The second-order valence-corrected chi connectivity index (χ2v) is 9.30. The van der Waals surface area contributed by atoms with Crippen LogP contribution in [0.1, 0.15) is 5.56 Å². The molecule has 0 saturated heterocycles. The van der Waals surface area contributed by atoms with Gasteiger partial charge in [0.1, 0.15) is 0 Å². The third-order valence-corrected chi connectivity index (χ3v) is 6.38. The van der Waals surface area contributed by atoms with Crippen molar-refractivity contribution in [1.82, 2.24) is 15.0 Å². The summed E-state index contributed by atoms with van der Waals surface area (Å²) >= 11 is 7.66. The molecular formula is C28H22ClN7S. The van der Waals surface area contributed by atoms with Gasteiger partial charge < -0.3 is 10.6 Å². The number of hydrogen-bond acceptors (Lipinski definition) is 8. The van der Waals surface area contributed by atoms with Gasteiger partial charge in [-0.25, -0.2) is 5.43 Å². The van der Waals surface area contributed by atoms with Crippen LogP contribution in [-0.2, 0) is 0 Å². The highest BCUT2D eigenvalue weighted by atomic mass is 35.5. The van der Waals surface area contributed by atoms with Crippen LogP contribution in [0.15, 0.2) is 124 Å². The Labute approximate surface area is 224 Å². The van der Waals surface area contributed by atoms with Crippen molar-refractivity contribution in [1.29, 1.82) is 0 Å². The Morgan fingerprint density at radius 2 is 1.16 bits per heavy atom. The van der Waals surface area contributed by atoms with Crippen molar-refractivity contribution in [2.24, 2.45) is 5.10 Å². The van der Waals surface area contributed by atoms with Gasteiger partial charge in [0.2, 0.25) is 17.8 Å². The van der Waals surface area contributed by atoms with Gasteiger partial charge in [-0.15, -0.1) is 0 Å². The van der Waals surface area contributed by atoms with E-state index in [-0.39, 0.29) is 0 Å². The largest absolute Gasteiger partial charge is 0.324 e. The second-order valence-electron chi connectivity index (χ2n) is 7.75. The number of rotatable bonds is 9. The minimum absolute atomic E-state index is 0.297. The first-order valence-electron chi connectivity index (χ1n) is 11.4. The van der Waals surface area contributed by atoms with E-state index in [0.29, 0.717) is 22.9 Å². The predicted molar refractivity (Wildman–Crippen MR) is 153 cm³/mol. The van der Waals surface area contributed by atoms with E-state index in [1.165, 1.54) is 0 Å². The predicted octanol–water partition coefficient (Wildman–Crippen LogP) is 7.61. The molecule has 4 aromatic carbocycles. The van der Waals surface area contributed by atoms with E-state index in [4.69, 9.17) is 11.6 Å². The molecule has 0 aliphatic rings. The summed E-state index contributed by atoms with van der Waals surface area (Å²) in [5.41, 5.74) is 5.62. The maximum absolute atomic E-state index is 6.02. The number of nitrogens with one attached hydrogen (secondary N) is 3.